The van der Waals surface area contributed by atoms with Crippen LogP contribution in [0.2, 0.25) is 0 Å². The molecule has 0 aliphatic heterocycles. The van der Waals surface area contributed by atoms with Gasteiger partial charge in [0.25, 0.3) is 0 Å². The molecular formula is C27H41N3O2. The molecule has 1 aromatic heterocycles. The number of nitriles is 1. The summed E-state index contributed by atoms with van der Waals surface area (Å²) in [6.07, 6.45) is 14.6. The van der Waals surface area contributed by atoms with Crippen molar-refractivity contribution in [3.8, 4) is 6.07 Å². The zero-order chi connectivity index (χ0) is 22.5. The van der Waals surface area contributed by atoms with E-state index in [2.05, 4.69) is 29.7 Å². The number of rotatable bonds is 5. The molecular weight excluding hydrogens is 398 g/mol. The minimum atomic E-state index is -0.590. The van der Waals surface area contributed by atoms with Crippen LogP contribution in [0.3, 0.4) is 0 Å². The first-order valence-electron chi connectivity index (χ1n) is 13.1. The fraction of sp³-hybridized carbons (Fsp3) is 0.852. The molecule has 0 saturated heterocycles. The van der Waals surface area contributed by atoms with Gasteiger partial charge in [-0.25, -0.2) is 0 Å². The Morgan fingerprint density at radius 2 is 2.00 bits per heavy atom. The summed E-state index contributed by atoms with van der Waals surface area (Å²) in [6.45, 7) is 8.11. The molecule has 9 atom stereocenters. The zero-order valence-corrected chi connectivity index (χ0v) is 20.2. The van der Waals surface area contributed by atoms with Crippen molar-refractivity contribution < 1.29 is 9.84 Å². The Bertz CT molecular complexity index is 861. The zero-order valence-electron chi connectivity index (χ0n) is 20.2. The minimum Gasteiger partial charge on any atom is -0.387 e. The average Bonchev–Trinajstić information content (AvgIpc) is 3.41. The third-order valence-electron chi connectivity index (χ3n) is 10.5. The number of hydrogen-bond acceptors (Lipinski definition) is 4. The molecule has 1 N–H and O–H groups in total. The van der Waals surface area contributed by atoms with Crippen molar-refractivity contribution in [2.24, 2.45) is 40.9 Å². The predicted molar refractivity (Wildman–Crippen MR) is 124 cm³/mol. The molecule has 0 bridgehead atoms. The third kappa shape index (κ3) is 3.62. The van der Waals surface area contributed by atoms with E-state index in [1.807, 2.05) is 13.1 Å². The van der Waals surface area contributed by atoms with Gasteiger partial charge in [0.05, 0.1) is 30.0 Å². The van der Waals surface area contributed by atoms with Gasteiger partial charge in [0.15, 0.2) is 0 Å². The largest absolute Gasteiger partial charge is 0.387 e. The summed E-state index contributed by atoms with van der Waals surface area (Å²) in [6, 6.07) is 2.58. The van der Waals surface area contributed by atoms with E-state index in [9.17, 15) is 10.4 Å². The molecule has 0 radical (unpaired) electrons. The molecule has 4 aliphatic rings. The van der Waals surface area contributed by atoms with Crippen molar-refractivity contribution in [2.45, 2.75) is 90.2 Å². The summed E-state index contributed by atoms with van der Waals surface area (Å²) >= 11 is 0. The Hall–Kier alpha value is -1.38. The van der Waals surface area contributed by atoms with Crippen LogP contribution in [-0.4, -0.2) is 33.7 Å². The second kappa shape index (κ2) is 8.44. The van der Waals surface area contributed by atoms with Crippen LogP contribution >= 0.6 is 0 Å². The van der Waals surface area contributed by atoms with E-state index >= 15 is 0 Å². The van der Waals surface area contributed by atoms with E-state index in [1.165, 1.54) is 44.9 Å². The first-order chi connectivity index (χ1) is 15.4. The molecule has 32 heavy (non-hydrogen) atoms. The molecule has 4 fully saturated rings. The Morgan fingerprint density at radius 3 is 2.75 bits per heavy atom. The molecule has 1 aromatic rings. The molecule has 1 unspecified atom stereocenters. The van der Waals surface area contributed by atoms with Gasteiger partial charge >= 0.3 is 0 Å². The van der Waals surface area contributed by atoms with Gasteiger partial charge in [-0.1, -0.05) is 6.92 Å². The van der Waals surface area contributed by atoms with Crippen molar-refractivity contribution in [1.82, 2.24) is 9.78 Å². The molecule has 0 aromatic carbocycles. The van der Waals surface area contributed by atoms with Gasteiger partial charge in [-0.2, -0.15) is 10.4 Å². The van der Waals surface area contributed by atoms with Crippen molar-refractivity contribution in [1.29, 1.82) is 5.26 Å². The highest BCUT2D eigenvalue weighted by Gasteiger charge is 2.58. The Balaban J connectivity index is 1.30. The summed E-state index contributed by atoms with van der Waals surface area (Å²) in [5.41, 5.74) is 0.462. The number of aromatic nitrogens is 2. The van der Waals surface area contributed by atoms with E-state index in [0.717, 1.165) is 36.5 Å². The van der Waals surface area contributed by atoms with Crippen LogP contribution in [0, 0.1) is 52.3 Å². The van der Waals surface area contributed by atoms with Gasteiger partial charge in [-0.05, 0) is 113 Å². The number of nitrogens with zero attached hydrogens (tertiary/aromatic N) is 3. The van der Waals surface area contributed by atoms with Crippen LogP contribution in [0.1, 0.15) is 90.2 Å². The molecule has 1 heterocycles. The fourth-order valence-corrected chi connectivity index (χ4v) is 9.02. The maximum atomic E-state index is 11.1. The van der Waals surface area contributed by atoms with Crippen molar-refractivity contribution in [2.75, 3.05) is 13.2 Å². The Morgan fingerprint density at radius 1 is 1.19 bits per heavy atom. The van der Waals surface area contributed by atoms with Gasteiger partial charge in [0.1, 0.15) is 6.07 Å². The first-order valence-corrected chi connectivity index (χ1v) is 13.1. The maximum Gasteiger partial charge on any atom is 0.102 e. The second-order valence-corrected chi connectivity index (χ2v) is 11.8. The summed E-state index contributed by atoms with van der Waals surface area (Å²) < 4.78 is 7.69. The molecule has 4 aliphatic carbocycles. The Kier molecular flexibility index (Phi) is 5.91. The van der Waals surface area contributed by atoms with Crippen molar-refractivity contribution in [3.63, 3.8) is 0 Å². The molecule has 0 spiro atoms. The molecule has 5 nitrogen and oxygen atoms in total. The first kappa shape index (κ1) is 22.4. The molecule has 5 heteroatoms. The molecule has 176 valence electrons. The summed E-state index contributed by atoms with van der Waals surface area (Å²) in [7, 11) is 0. The average molecular weight is 440 g/mol. The van der Waals surface area contributed by atoms with Crippen LogP contribution in [-0.2, 0) is 4.74 Å². The highest BCUT2D eigenvalue weighted by molar-refractivity contribution is 5.22. The normalized spacial score (nSPS) is 44.2. The maximum absolute atomic E-state index is 11.1. The van der Waals surface area contributed by atoms with Crippen molar-refractivity contribution in [3.05, 3.63) is 18.0 Å². The van der Waals surface area contributed by atoms with E-state index in [-0.39, 0.29) is 0 Å². The van der Waals surface area contributed by atoms with E-state index in [1.54, 1.807) is 6.20 Å². The molecule has 4 saturated carbocycles. The second-order valence-electron chi connectivity index (χ2n) is 11.8. The van der Waals surface area contributed by atoms with Crippen LogP contribution in [0.5, 0.6) is 0 Å². The van der Waals surface area contributed by atoms with E-state index in [0.29, 0.717) is 42.1 Å². The van der Waals surface area contributed by atoms with Gasteiger partial charge in [0.2, 0.25) is 0 Å². The highest BCUT2D eigenvalue weighted by atomic mass is 16.5. The van der Waals surface area contributed by atoms with Crippen LogP contribution in [0.25, 0.3) is 0 Å². The van der Waals surface area contributed by atoms with E-state index in [4.69, 9.17) is 4.74 Å². The quantitative estimate of drug-likeness (QED) is 0.671. The lowest BCUT2D eigenvalue weighted by Crippen LogP contribution is -2.52. The fourth-order valence-electron chi connectivity index (χ4n) is 9.02. The minimum absolute atomic E-state index is 0.350. The van der Waals surface area contributed by atoms with E-state index < -0.39 is 5.60 Å². The lowest BCUT2D eigenvalue weighted by Gasteiger charge is -2.57. The lowest BCUT2D eigenvalue weighted by atomic mass is 9.48. The van der Waals surface area contributed by atoms with Gasteiger partial charge in [-0.15, -0.1) is 0 Å². The highest BCUT2D eigenvalue weighted by Crippen LogP contribution is 2.66. The summed E-state index contributed by atoms with van der Waals surface area (Å²) in [4.78, 5) is 0. The smallest absolute Gasteiger partial charge is 0.102 e. The van der Waals surface area contributed by atoms with Gasteiger partial charge < -0.3 is 9.84 Å². The number of aliphatic hydroxyl groups is 1. The topological polar surface area (TPSA) is 71.1 Å². The number of fused-ring (bicyclic) bond motifs is 5. The SMILES string of the molecule is CCOC[C@@]1(O)CC[C@H]2C(CC[C@@H]3[C@@H]2CC[C@]2(C)[C@@H]([C@H](C)n4cc(C#N)cn4)CC[C@@H]32)C1. The molecule has 5 rings (SSSR count). The van der Waals surface area contributed by atoms with Crippen molar-refractivity contribution >= 4 is 0 Å². The summed E-state index contributed by atoms with van der Waals surface area (Å²) in [5, 5.41) is 24.8. The molecule has 0 amide bonds. The monoisotopic (exact) mass is 439 g/mol. The van der Waals surface area contributed by atoms with Gasteiger partial charge in [-0.3, -0.25) is 4.68 Å². The number of hydrogen-bond donors (Lipinski definition) is 1. The van der Waals surface area contributed by atoms with Crippen LogP contribution < -0.4 is 0 Å². The third-order valence-corrected chi connectivity index (χ3v) is 10.5. The van der Waals surface area contributed by atoms with Crippen LogP contribution in [0.15, 0.2) is 12.4 Å². The predicted octanol–water partition coefficient (Wildman–Crippen LogP) is 5.35. The Labute approximate surface area is 193 Å². The standard InChI is InChI=1S/C27H41N3O2/c1-4-32-17-27(31)12-10-21-20(13-27)5-6-23-22(21)9-11-26(3)24(7-8-25(23)26)18(2)30-16-19(14-28)15-29-30/h15-16,18,20-25,31H,4-13,17H2,1-3H3/t18-,20?,21-,22+,23+,24+,25-,26+,27+/m0/s1. The summed E-state index contributed by atoms with van der Waals surface area (Å²) in [5.74, 6) is 4.67. The number of ether oxygens (including phenoxy) is 1. The van der Waals surface area contributed by atoms with Crippen LogP contribution in [0.4, 0.5) is 0 Å². The van der Waals surface area contributed by atoms with Gasteiger partial charge in [0, 0.05) is 12.8 Å². The lowest BCUT2D eigenvalue weighted by molar-refractivity contribution is -0.129.